The number of hydrogen-bond acceptors (Lipinski definition) is 6. The Labute approximate surface area is 137 Å². The molecule has 0 saturated carbocycles. The summed E-state index contributed by atoms with van der Waals surface area (Å²) in [5.41, 5.74) is 3.17. The summed E-state index contributed by atoms with van der Waals surface area (Å²) in [5.74, 6) is 1.80. The molecule has 0 aliphatic carbocycles. The molecule has 1 fully saturated rings. The molecule has 124 valence electrons. The minimum absolute atomic E-state index is 0.123. The highest BCUT2D eigenvalue weighted by atomic mass is 16.5. The van der Waals surface area contributed by atoms with Gasteiger partial charge in [-0.25, -0.2) is 10.0 Å². The second kappa shape index (κ2) is 6.58. The normalized spacial score (nSPS) is 20.7. The highest BCUT2D eigenvalue weighted by Crippen LogP contribution is 2.37. The number of hydrogen-bond donors (Lipinski definition) is 1. The van der Waals surface area contributed by atoms with Crippen molar-refractivity contribution in [3.63, 3.8) is 0 Å². The maximum atomic E-state index is 5.37. The average molecular weight is 315 g/mol. The van der Waals surface area contributed by atoms with E-state index in [4.69, 9.17) is 14.8 Å². The predicted octanol–water partition coefficient (Wildman–Crippen LogP) is 2.36. The van der Waals surface area contributed by atoms with E-state index < -0.39 is 0 Å². The summed E-state index contributed by atoms with van der Waals surface area (Å²) < 4.78 is 5.37. The van der Waals surface area contributed by atoms with Crippen LogP contribution in [0.15, 0.2) is 28.3 Å². The van der Waals surface area contributed by atoms with E-state index >= 15 is 0 Å². The standard InChI is InChI=1S/C17H25N5O/c1-12(2)20-22-13(3)15-11-14(23-4)5-6-16(15)19-17(22)21-9-7-18-8-10-21/h5-6,11,13,18H,7-10H2,1-4H3. The third-order valence-electron chi connectivity index (χ3n) is 4.18. The fourth-order valence-electron chi connectivity index (χ4n) is 2.99. The van der Waals surface area contributed by atoms with Crippen LogP contribution in [0.4, 0.5) is 5.69 Å². The molecule has 0 aromatic heterocycles. The van der Waals surface area contributed by atoms with Crippen molar-refractivity contribution in [2.24, 2.45) is 10.1 Å². The summed E-state index contributed by atoms with van der Waals surface area (Å²) >= 11 is 0. The van der Waals surface area contributed by atoms with Crippen LogP contribution in [0.3, 0.4) is 0 Å². The van der Waals surface area contributed by atoms with Crippen LogP contribution in [0, 0.1) is 0 Å². The van der Waals surface area contributed by atoms with Crippen molar-refractivity contribution in [2.45, 2.75) is 26.8 Å². The van der Waals surface area contributed by atoms with E-state index in [9.17, 15) is 0 Å². The van der Waals surface area contributed by atoms with Gasteiger partial charge in [0.2, 0.25) is 5.96 Å². The van der Waals surface area contributed by atoms with Gasteiger partial charge in [-0.15, -0.1) is 0 Å². The number of nitrogens with zero attached hydrogens (tertiary/aromatic N) is 4. The highest BCUT2D eigenvalue weighted by Gasteiger charge is 2.31. The molecule has 0 radical (unpaired) electrons. The number of hydrazone groups is 1. The Balaban J connectivity index is 2.05. The van der Waals surface area contributed by atoms with Crippen molar-refractivity contribution < 1.29 is 4.74 Å². The maximum Gasteiger partial charge on any atom is 0.223 e. The summed E-state index contributed by atoms with van der Waals surface area (Å²) in [4.78, 5) is 7.22. The van der Waals surface area contributed by atoms with Crippen molar-refractivity contribution >= 4 is 17.4 Å². The summed E-state index contributed by atoms with van der Waals surface area (Å²) in [7, 11) is 1.69. The van der Waals surface area contributed by atoms with Gasteiger partial charge in [0.15, 0.2) is 0 Å². The first-order chi connectivity index (χ1) is 11.1. The molecule has 2 aliphatic heterocycles. The van der Waals surface area contributed by atoms with Crippen LogP contribution in [0.1, 0.15) is 32.4 Å². The first kappa shape index (κ1) is 15.8. The average Bonchev–Trinajstić information content (AvgIpc) is 2.57. The molecular formula is C17H25N5O. The first-order valence-corrected chi connectivity index (χ1v) is 8.13. The molecule has 1 saturated heterocycles. The number of rotatable bonds is 2. The van der Waals surface area contributed by atoms with Crippen LogP contribution in [-0.2, 0) is 0 Å². The van der Waals surface area contributed by atoms with Crippen molar-refractivity contribution in [3.8, 4) is 5.75 Å². The SMILES string of the molecule is COc1ccc2c(c1)C(C)N(N=C(C)C)C(N1CCNCC1)=N2. The largest absolute Gasteiger partial charge is 0.497 e. The molecule has 1 unspecified atom stereocenters. The molecule has 1 N–H and O–H groups in total. The number of aliphatic imine (C=N–C) groups is 1. The van der Waals surface area contributed by atoms with E-state index in [1.54, 1.807) is 7.11 Å². The van der Waals surface area contributed by atoms with Crippen molar-refractivity contribution in [3.05, 3.63) is 23.8 Å². The number of benzene rings is 1. The van der Waals surface area contributed by atoms with E-state index in [0.717, 1.165) is 54.9 Å². The number of methoxy groups -OCH3 is 1. The van der Waals surface area contributed by atoms with Gasteiger partial charge in [0.25, 0.3) is 0 Å². The van der Waals surface area contributed by atoms with Crippen LogP contribution in [0.5, 0.6) is 5.75 Å². The molecule has 0 spiro atoms. The second-order valence-electron chi connectivity index (χ2n) is 6.14. The lowest BCUT2D eigenvalue weighted by atomic mass is 10.0. The van der Waals surface area contributed by atoms with E-state index in [1.165, 1.54) is 0 Å². The lowest BCUT2D eigenvalue weighted by Crippen LogP contribution is -2.52. The number of piperazine rings is 1. The molecule has 0 amide bonds. The number of fused-ring (bicyclic) bond motifs is 1. The van der Waals surface area contributed by atoms with Gasteiger partial charge in [-0.2, -0.15) is 5.10 Å². The summed E-state index contributed by atoms with van der Waals surface area (Å²) in [5, 5.41) is 10.2. The van der Waals surface area contributed by atoms with Gasteiger partial charge in [-0.3, -0.25) is 0 Å². The van der Waals surface area contributed by atoms with Crippen LogP contribution >= 0.6 is 0 Å². The van der Waals surface area contributed by atoms with Gasteiger partial charge < -0.3 is 15.0 Å². The maximum absolute atomic E-state index is 5.37. The number of ether oxygens (including phenoxy) is 1. The first-order valence-electron chi connectivity index (χ1n) is 8.13. The van der Waals surface area contributed by atoms with Crippen LogP contribution < -0.4 is 10.1 Å². The quantitative estimate of drug-likeness (QED) is 0.851. The predicted molar refractivity (Wildman–Crippen MR) is 93.6 cm³/mol. The summed E-state index contributed by atoms with van der Waals surface area (Å²) in [6.45, 7) is 10.1. The molecule has 0 bridgehead atoms. The lowest BCUT2D eigenvalue weighted by molar-refractivity contribution is 0.257. The Morgan fingerprint density at radius 2 is 2.04 bits per heavy atom. The Kier molecular flexibility index (Phi) is 4.52. The van der Waals surface area contributed by atoms with Gasteiger partial charge in [-0.05, 0) is 39.0 Å². The van der Waals surface area contributed by atoms with E-state index in [-0.39, 0.29) is 6.04 Å². The molecule has 2 aliphatic rings. The van der Waals surface area contributed by atoms with Crippen molar-refractivity contribution in [1.29, 1.82) is 0 Å². The molecule has 3 rings (SSSR count). The summed E-state index contributed by atoms with van der Waals surface area (Å²) in [6.07, 6.45) is 0. The Bertz CT molecular complexity index is 630. The minimum Gasteiger partial charge on any atom is -0.497 e. The van der Waals surface area contributed by atoms with Crippen LogP contribution in [0.25, 0.3) is 0 Å². The van der Waals surface area contributed by atoms with Gasteiger partial charge >= 0.3 is 0 Å². The topological polar surface area (TPSA) is 52.5 Å². The molecule has 6 heteroatoms. The Morgan fingerprint density at radius 3 is 2.70 bits per heavy atom. The monoisotopic (exact) mass is 315 g/mol. The zero-order valence-corrected chi connectivity index (χ0v) is 14.3. The highest BCUT2D eigenvalue weighted by molar-refractivity contribution is 5.88. The van der Waals surface area contributed by atoms with Gasteiger partial charge in [0.1, 0.15) is 5.75 Å². The van der Waals surface area contributed by atoms with Crippen molar-refractivity contribution in [2.75, 3.05) is 33.3 Å². The van der Waals surface area contributed by atoms with Gasteiger partial charge in [0, 0.05) is 37.5 Å². The van der Waals surface area contributed by atoms with Crippen LogP contribution in [0.2, 0.25) is 0 Å². The molecule has 23 heavy (non-hydrogen) atoms. The second-order valence-corrected chi connectivity index (χ2v) is 6.14. The Hall–Kier alpha value is -2.08. The molecular weight excluding hydrogens is 290 g/mol. The molecule has 1 aromatic carbocycles. The summed E-state index contributed by atoms with van der Waals surface area (Å²) in [6, 6.07) is 6.18. The van der Waals surface area contributed by atoms with Crippen molar-refractivity contribution in [1.82, 2.24) is 15.2 Å². The zero-order chi connectivity index (χ0) is 16.4. The van der Waals surface area contributed by atoms with E-state index in [1.807, 2.05) is 31.0 Å². The van der Waals surface area contributed by atoms with E-state index in [2.05, 4.69) is 23.2 Å². The lowest BCUT2D eigenvalue weighted by Gasteiger charge is -2.39. The Morgan fingerprint density at radius 1 is 1.30 bits per heavy atom. The van der Waals surface area contributed by atoms with Crippen LogP contribution in [-0.4, -0.2) is 54.9 Å². The number of nitrogens with one attached hydrogen (secondary N) is 1. The number of guanidine groups is 1. The minimum atomic E-state index is 0.123. The van der Waals surface area contributed by atoms with Gasteiger partial charge in [0.05, 0.1) is 18.8 Å². The fraction of sp³-hybridized carbons (Fsp3) is 0.529. The third-order valence-corrected chi connectivity index (χ3v) is 4.18. The molecule has 2 heterocycles. The molecule has 1 aromatic rings. The molecule has 6 nitrogen and oxygen atoms in total. The zero-order valence-electron chi connectivity index (χ0n) is 14.3. The van der Waals surface area contributed by atoms with E-state index in [0.29, 0.717) is 0 Å². The smallest absolute Gasteiger partial charge is 0.223 e. The van der Waals surface area contributed by atoms with Gasteiger partial charge in [-0.1, -0.05) is 0 Å². The fourth-order valence-corrected chi connectivity index (χ4v) is 2.99. The molecule has 1 atom stereocenters. The third kappa shape index (κ3) is 3.17.